The zero-order valence-corrected chi connectivity index (χ0v) is 9.40. The van der Waals surface area contributed by atoms with E-state index in [0.29, 0.717) is 12.0 Å². The van der Waals surface area contributed by atoms with Crippen molar-refractivity contribution >= 4 is 18.1 Å². The van der Waals surface area contributed by atoms with E-state index in [1.807, 2.05) is 6.92 Å². The van der Waals surface area contributed by atoms with Crippen molar-refractivity contribution in [1.82, 2.24) is 0 Å². The summed E-state index contributed by atoms with van der Waals surface area (Å²) in [6.07, 6.45) is 0.585. The van der Waals surface area contributed by atoms with Gasteiger partial charge in [0.1, 0.15) is 0 Å². The van der Waals surface area contributed by atoms with Crippen LogP contribution in [-0.2, 0) is 0 Å². The number of hydrogen-bond acceptors (Lipinski definition) is 5. The average Bonchev–Trinajstić information content (AvgIpc) is 2.20. The molecule has 16 heavy (non-hydrogen) atoms. The summed E-state index contributed by atoms with van der Waals surface area (Å²) in [5.41, 5.74) is 5.56. The van der Waals surface area contributed by atoms with E-state index >= 15 is 0 Å². The molecule has 0 saturated carbocycles. The molecule has 6 nitrogen and oxygen atoms in total. The van der Waals surface area contributed by atoms with Gasteiger partial charge in [0, 0.05) is 12.1 Å². The van der Waals surface area contributed by atoms with Crippen LogP contribution in [0, 0.1) is 10.1 Å². The van der Waals surface area contributed by atoms with Crippen molar-refractivity contribution in [3.05, 3.63) is 27.8 Å². The van der Waals surface area contributed by atoms with Gasteiger partial charge in [-0.15, -0.1) is 12.4 Å². The predicted octanol–water partition coefficient (Wildman–Crippen LogP) is 1.84. The number of nitrogens with two attached hydrogens (primary N) is 1. The van der Waals surface area contributed by atoms with Crippen LogP contribution in [0.3, 0.4) is 0 Å². The Labute approximate surface area is 98.3 Å². The standard InChI is InChI=1S/C9H12N2O4.ClH/c1-2-6(10)5-3-7(11(14)15)9(13)8(12)4-5;/h3-4,6,12-13H,2,10H2,1H3;1H/t6-;/m0./s1. The monoisotopic (exact) mass is 248 g/mol. The first-order valence-corrected chi connectivity index (χ1v) is 4.43. The van der Waals surface area contributed by atoms with E-state index in [-0.39, 0.29) is 12.4 Å². The van der Waals surface area contributed by atoms with Crippen LogP contribution >= 0.6 is 12.4 Å². The minimum atomic E-state index is -0.763. The molecule has 0 bridgehead atoms. The Bertz CT molecular complexity index is 397. The van der Waals surface area contributed by atoms with E-state index in [4.69, 9.17) is 5.73 Å². The number of phenolic OH excluding ortho intramolecular Hbond substituents is 2. The van der Waals surface area contributed by atoms with Crippen molar-refractivity contribution in [2.24, 2.45) is 5.73 Å². The van der Waals surface area contributed by atoms with Crippen LogP contribution in [0.15, 0.2) is 12.1 Å². The van der Waals surface area contributed by atoms with E-state index in [9.17, 15) is 20.3 Å². The van der Waals surface area contributed by atoms with Crippen molar-refractivity contribution in [3.8, 4) is 11.5 Å². The van der Waals surface area contributed by atoms with Crippen molar-refractivity contribution in [1.29, 1.82) is 0 Å². The molecule has 0 fully saturated rings. The summed E-state index contributed by atoms with van der Waals surface area (Å²) in [6, 6.07) is 2.01. The number of nitrogens with zero attached hydrogens (tertiary/aromatic N) is 1. The quantitative estimate of drug-likeness (QED) is 0.429. The lowest BCUT2D eigenvalue weighted by molar-refractivity contribution is -0.386. The molecule has 0 aromatic heterocycles. The summed E-state index contributed by atoms with van der Waals surface area (Å²) in [7, 11) is 0. The molecule has 0 aliphatic rings. The number of aromatic hydroxyl groups is 2. The normalized spacial score (nSPS) is 11.6. The first-order chi connectivity index (χ1) is 6.97. The molecule has 0 radical (unpaired) electrons. The van der Waals surface area contributed by atoms with Gasteiger partial charge in [-0.25, -0.2) is 0 Å². The third kappa shape index (κ3) is 2.74. The summed E-state index contributed by atoms with van der Waals surface area (Å²) in [5.74, 6) is -1.25. The highest BCUT2D eigenvalue weighted by Gasteiger charge is 2.20. The molecule has 0 heterocycles. The van der Waals surface area contributed by atoms with Crippen LogP contribution < -0.4 is 5.73 Å². The lowest BCUT2D eigenvalue weighted by atomic mass is 10.0. The zero-order valence-electron chi connectivity index (χ0n) is 8.58. The molecule has 1 aromatic rings. The number of hydrogen-bond donors (Lipinski definition) is 3. The fourth-order valence-corrected chi connectivity index (χ4v) is 1.21. The van der Waals surface area contributed by atoms with Crippen LogP contribution in [0.4, 0.5) is 5.69 Å². The van der Waals surface area contributed by atoms with Crippen molar-refractivity contribution in [2.75, 3.05) is 0 Å². The second-order valence-corrected chi connectivity index (χ2v) is 3.18. The average molecular weight is 249 g/mol. The molecule has 0 aliphatic carbocycles. The Morgan fingerprint density at radius 1 is 1.50 bits per heavy atom. The van der Waals surface area contributed by atoms with Gasteiger partial charge >= 0.3 is 5.69 Å². The molecule has 0 aliphatic heterocycles. The Balaban J connectivity index is 0.00000225. The van der Waals surface area contributed by atoms with Crippen molar-refractivity contribution < 1.29 is 15.1 Å². The van der Waals surface area contributed by atoms with Crippen LogP contribution in [0.2, 0.25) is 0 Å². The molecule has 0 unspecified atom stereocenters. The molecule has 1 atom stereocenters. The van der Waals surface area contributed by atoms with Gasteiger partial charge in [0.2, 0.25) is 5.75 Å². The van der Waals surface area contributed by atoms with E-state index in [1.165, 1.54) is 12.1 Å². The van der Waals surface area contributed by atoms with E-state index < -0.39 is 28.2 Å². The molecule has 1 rings (SSSR count). The first kappa shape index (κ1) is 14.5. The van der Waals surface area contributed by atoms with Gasteiger partial charge in [0.15, 0.2) is 5.75 Å². The summed E-state index contributed by atoms with van der Waals surface area (Å²) in [5, 5.41) is 29.0. The van der Waals surface area contributed by atoms with E-state index in [1.54, 1.807) is 0 Å². The number of nitro benzene ring substituents is 1. The molecular formula is C9H13ClN2O4. The van der Waals surface area contributed by atoms with Gasteiger partial charge in [-0.1, -0.05) is 6.92 Å². The van der Waals surface area contributed by atoms with Crippen LogP contribution in [-0.4, -0.2) is 15.1 Å². The molecule has 0 amide bonds. The Morgan fingerprint density at radius 3 is 2.50 bits per heavy atom. The Kier molecular flexibility index (Phi) is 5.00. The summed E-state index contributed by atoms with van der Waals surface area (Å²) in [6.45, 7) is 1.82. The molecule has 0 saturated heterocycles. The van der Waals surface area contributed by atoms with Crippen molar-refractivity contribution in [2.45, 2.75) is 19.4 Å². The molecule has 0 spiro atoms. The van der Waals surface area contributed by atoms with Gasteiger partial charge in [-0.2, -0.15) is 0 Å². The van der Waals surface area contributed by atoms with Crippen LogP contribution in [0.25, 0.3) is 0 Å². The maximum atomic E-state index is 10.5. The zero-order chi connectivity index (χ0) is 11.6. The summed E-state index contributed by atoms with van der Waals surface area (Å²) in [4.78, 5) is 9.77. The highest BCUT2D eigenvalue weighted by molar-refractivity contribution is 5.85. The van der Waals surface area contributed by atoms with Gasteiger partial charge in [0.05, 0.1) is 4.92 Å². The lowest BCUT2D eigenvalue weighted by Crippen LogP contribution is -2.08. The van der Waals surface area contributed by atoms with Crippen LogP contribution in [0.5, 0.6) is 11.5 Å². The van der Waals surface area contributed by atoms with Gasteiger partial charge < -0.3 is 15.9 Å². The third-order valence-corrected chi connectivity index (χ3v) is 2.16. The highest BCUT2D eigenvalue weighted by atomic mass is 35.5. The Hall–Kier alpha value is -1.53. The third-order valence-electron chi connectivity index (χ3n) is 2.16. The van der Waals surface area contributed by atoms with Gasteiger partial charge in [-0.05, 0) is 18.1 Å². The maximum absolute atomic E-state index is 10.5. The smallest absolute Gasteiger partial charge is 0.314 e. The molecule has 7 heteroatoms. The molecule has 1 aromatic carbocycles. The topological polar surface area (TPSA) is 110 Å². The lowest BCUT2D eigenvalue weighted by Gasteiger charge is -2.10. The summed E-state index contributed by atoms with van der Waals surface area (Å²) >= 11 is 0. The molecule has 4 N–H and O–H groups in total. The van der Waals surface area contributed by atoms with Gasteiger partial charge in [-0.3, -0.25) is 10.1 Å². The minimum absolute atomic E-state index is 0. The number of benzene rings is 1. The SMILES string of the molecule is CC[C@H](N)c1cc(O)c(O)c([N+](=O)[O-])c1.Cl. The predicted molar refractivity (Wildman–Crippen MR) is 60.9 cm³/mol. The highest BCUT2D eigenvalue weighted by Crippen LogP contribution is 2.37. The fourth-order valence-electron chi connectivity index (χ4n) is 1.21. The minimum Gasteiger partial charge on any atom is -0.504 e. The Morgan fingerprint density at radius 2 is 2.06 bits per heavy atom. The number of rotatable bonds is 3. The molecule has 90 valence electrons. The van der Waals surface area contributed by atoms with E-state index in [0.717, 1.165) is 0 Å². The van der Waals surface area contributed by atoms with Gasteiger partial charge in [0.25, 0.3) is 0 Å². The number of halogens is 1. The largest absolute Gasteiger partial charge is 0.504 e. The van der Waals surface area contributed by atoms with E-state index in [2.05, 4.69) is 0 Å². The second kappa shape index (κ2) is 5.53. The van der Waals surface area contributed by atoms with Crippen LogP contribution in [0.1, 0.15) is 24.9 Å². The first-order valence-electron chi connectivity index (χ1n) is 4.43. The second-order valence-electron chi connectivity index (χ2n) is 3.18. The number of nitro groups is 1. The number of phenols is 2. The fraction of sp³-hybridized carbons (Fsp3) is 0.333. The van der Waals surface area contributed by atoms with Crippen molar-refractivity contribution in [3.63, 3.8) is 0 Å². The summed E-state index contributed by atoms with van der Waals surface area (Å²) < 4.78 is 0. The maximum Gasteiger partial charge on any atom is 0.314 e. The molecular weight excluding hydrogens is 236 g/mol.